The standard InChI is InChI=1S/C22H20N8O/c31-21(18-15-23-20(24-16-18)17-7-3-1-4-8-17)28-11-13-29(14-12-28)22-25-26-27-30(22)19-9-5-2-6-10-19/h1-10,15-16H,11-14H2. The maximum Gasteiger partial charge on any atom is 0.257 e. The molecule has 1 saturated heterocycles. The van der Waals surface area contributed by atoms with Gasteiger partial charge in [0.05, 0.1) is 11.3 Å². The quantitative estimate of drug-likeness (QED) is 0.507. The Kier molecular flexibility index (Phi) is 5.05. The summed E-state index contributed by atoms with van der Waals surface area (Å²) < 4.78 is 1.72. The second-order valence-corrected chi connectivity index (χ2v) is 7.17. The predicted molar refractivity (Wildman–Crippen MR) is 115 cm³/mol. The van der Waals surface area contributed by atoms with E-state index >= 15 is 0 Å². The number of nitrogens with zero attached hydrogens (tertiary/aromatic N) is 8. The molecule has 154 valence electrons. The van der Waals surface area contributed by atoms with Crippen molar-refractivity contribution in [3.8, 4) is 17.1 Å². The fourth-order valence-electron chi connectivity index (χ4n) is 3.58. The van der Waals surface area contributed by atoms with Crippen molar-refractivity contribution in [3.05, 3.63) is 78.6 Å². The first-order valence-corrected chi connectivity index (χ1v) is 10.0. The average Bonchev–Trinajstić information content (AvgIpc) is 3.35. The first-order valence-electron chi connectivity index (χ1n) is 10.0. The van der Waals surface area contributed by atoms with E-state index in [1.165, 1.54) is 0 Å². The molecular weight excluding hydrogens is 392 g/mol. The molecule has 31 heavy (non-hydrogen) atoms. The third kappa shape index (κ3) is 3.85. The molecule has 0 bridgehead atoms. The largest absolute Gasteiger partial charge is 0.336 e. The van der Waals surface area contributed by atoms with Gasteiger partial charge in [-0.1, -0.05) is 53.6 Å². The number of carbonyl (C=O) groups excluding carboxylic acids is 1. The minimum atomic E-state index is -0.0677. The van der Waals surface area contributed by atoms with Crippen LogP contribution in [0.4, 0.5) is 5.95 Å². The van der Waals surface area contributed by atoms with E-state index in [0.717, 1.165) is 11.3 Å². The highest BCUT2D eigenvalue weighted by Gasteiger charge is 2.26. The van der Waals surface area contributed by atoms with Crippen molar-refractivity contribution in [2.24, 2.45) is 0 Å². The summed E-state index contributed by atoms with van der Waals surface area (Å²) in [5, 5.41) is 12.1. The highest BCUT2D eigenvalue weighted by Crippen LogP contribution is 2.18. The van der Waals surface area contributed by atoms with Gasteiger partial charge in [0.1, 0.15) is 0 Å². The van der Waals surface area contributed by atoms with Gasteiger partial charge >= 0.3 is 0 Å². The molecule has 5 rings (SSSR count). The molecule has 1 aliphatic rings. The van der Waals surface area contributed by atoms with Gasteiger partial charge in [0, 0.05) is 44.1 Å². The van der Waals surface area contributed by atoms with Crippen LogP contribution in [0.1, 0.15) is 10.4 Å². The van der Waals surface area contributed by atoms with E-state index in [2.05, 4.69) is 30.4 Å². The Balaban J connectivity index is 1.25. The van der Waals surface area contributed by atoms with Gasteiger partial charge in [-0.15, -0.1) is 0 Å². The Bertz CT molecular complexity index is 1150. The summed E-state index contributed by atoms with van der Waals surface area (Å²) in [4.78, 5) is 25.5. The molecule has 0 atom stereocenters. The molecule has 0 radical (unpaired) electrons. The molecule has 9 heteroatoms. The Morgan fingerprint density at radius 2 is 1.45 bits per heavy atom. The normalized spacial score (nSPS) is 13.9. The van der Waals surface area contributed by atoms with E-state index in [-0.39, 0.29) is 5.91 Å². The van der Waals surface area contributed by atoms with Crippen molar-refractivity contribution in [3.63, 3.8) is 0 Å². The van der Waals surface area contributed by atoms with Gasteiger partial charge in [-0.25, -0.2) is 9.97 Å². The predicted octanol–water partition coefficient (Wildman–Crippen LogP) is 2.08. The van der Waals surface area contributed by atoms with Gasteiger partial charge in [-0.05, 0) is 22.6 Å². The molecule has 2 aromatic heterocycles. The fourth-order valence-corrected chi connectivity index (χ4v) is 3.58. The number of piperazine rings is 1. The maximum absolute atomic E-state index is 12.9. The molecule has 0 N–H and O–H groups in total. The topological polar surface area (TPSA) is 92.9 Å². The van der Waals surface area contributed by atoms with Crippen LogP contribution in [-0.4, -0.2) is 67.2 Å². The Morgan fingerprint density at radius 1 is 0.806 bits per heavy atom. The number of hydrogen-bond acceptors (Lipinski definition) is 7. The Morgan fingerprint density at radius 3 is 2.13 bits per heavy atom. The zero-order valence-electron chi connectivity index (χ0n) is 16.7. The summed E-state index contributed by atoms with van der Waals surface area (Å²) in [6.45, 7) is 2.42. The molecule has 3 heterocycles. The van der Waals surface area contributed by atoms with Crippen molar-refractivity contribution in [1.82, 2.24) is 35.1 Å². The molecule has 2 aromatic carbocycles. The summed E-state index contributed by atoms with van der Waals surface area (Å²) in [7, 11) is 0. The van der Waals surface area contributed by atoms with Crippen LogP contribution in [0.3, 0.4) is 0 Å². The van der Waals surface area contributed by atoms with Crippen molar-refractivity contribution in [2.75, 3.05) is 31.1 Å². The van der Waals surface area contributed by atoms with Gasteiger partial charge in [0.2, 0.25) is 5.95 Å². The van der Waals surface area contributed by atoms with E-state index < -0.39 is 0 Å². The number of carbonyl (C=O) groups is 1. The van der Waals surface area contributed by atoms with Crippen LogP contribution in [0.15, 0.2) is 73.1 Å². The minimum absolute atomic E-state index is 0.0677. The number of tetrazole rings is 1. The van der Waals surface area contributed by atoms with Crippen molar-refractivity contribution in [1.29, 1.82) is 0 Å². The van der Waals surface area contributed by atoms with Crippen LogP contribution in [0, 0.1) is 0 Å². The zero-order valence-corrected chi connectivity index (χ0v) is 16.7. The molecule has 1 aliphatic heterocycles. The molecule has 1 fully saturated rings. The van der Waals surface area contributed by atoms with Gasteiger partial charge < -0.3 is 9.80 Å². The maximum atomic E-state index is 12.9. The summed E-state index contributed by atoms with van der Waals surface area (Å²) in [6, 6.07) is 19.5. The summed E-state index contributed by atoms with van der Waals surface area (Å²) in [5.74, 6) is 1.21. The third-order valence-corrected chi connectivity index (χ3v) is 5.23. The lowest BCUT2D eigenvalue weighted by Crippen LogP contribution is -2.49. The van der Waals surface area contributed by atoms with Gasteiger partial charge in [-0.3, -0.25) is 4.79 Å². The highest BCUT2D eigenvalue weighted by molar-refractivity contribution is 5.94. The van der Waals surface area contributed by atoms with E-state index in [1.807, 2.05) is 65.6 Å². The molecule has 0 unspecified atom stereocenters. The van der Waals surface area contributed by atoms with Crippen LogP contribution in [0.25, 0.3) is 17.1 Å². The summed E-state index contributed by atoms with van der Waals surface area (Å²) in [5.41, 5.74) is 2.31. The van der Waals surface area contributed by atoms with E-state index in [9.17, 15) is 4.79 Å². The second kappa shape index (κ2) is 8.31. The number of rotatable bonds is 4. The molecule has 9 nitrogen and oxygen atoms in total. The van der Waals surface area contributed by atoms with Crippen LogP contribution in [0.2, 0.25) is 0 Å². The number of aromatic nitrogens is 6. The SMILES string of the molecule is O=C(c1cnc(-c2ccccc2)nc1)N1CCN(c2nnnn2-c2ccccc2)CC1. The van der Waals surface area contributed by atoms with Gasteiger partial charge in [0.15, 0.2) is 5.82 Å². The summed E-state index contributed by atoms with van der Waals surface area (Å²) >= 11 is 0. The Labute approximate surface area is 179 Å². The average molecular weight is 412 g/mol. The minimum Gasteiger partial charge on any atom is -0.336 e. The van der Waals surface area contributed by atoms with Crippen LogP contribution in [0.5, 0.6) is 0 Å². The van der Waals surface area contributed by atoms with Gasteiger partial charge in [0.25, 0.3) is 5.91 Å². The number of anilines is 1. The van der Waals surface area contributed by atoms with Crippen molar-refractivity contribution >= 4 is 11.9 Å². The smallest absolute Gasteiger partial charge is 0.257 e. The number of hydrogen-bond donors (Lipinski definition) is 0. The Hall–Kier alpha value is -4.14. The zero-order chi connectivity index (χ0) is 21.0. The second-order valence-electron chi connectivity index (χ2n) is 7.17. The first kappa shape index (κ1) is 18.9. The van der Waals surface area contributed by atoms with Crippen LogP contribution >= 0.6 is 0 Å². The van der Waals surface area contributed by atoms with Crippen molar-refractivity contribution < 1.29 is 4.79 Å². The molecule has 1 amide bonds. The lowest BCUT2D eigenvalue weighted by atomic mass is 10.2. The molecule has 0 saturated carbocycles. The lowest BCUT2D eigenvalue weighted by Gasteiger charge is -2.34. The van der Waals surface area contributed by atoms with Gasteiger partial charge in [-0.2, -0.15) is 4.68 Å². The molecular formula is C22H20N8O. The molecule has 0 spiro atoms. The van der Waals surface area contributed by atoms with Crippen LogP contribution < -0.4 is 4.90 Å². The lowest BCUT2D eigenvalue weighted by molar-refractivity contribution is 0.0745. The molecule has 0 aliphatic carbocycles. The van der Waals surface area contributed by atoms with Crippen LogP contribution in [-0.2, 0) is 0 Å². The van der Waals surface area contributed by atoms with E-state index in [0.29, 0.717) is 43.5 Å². The van der Waals surface area contributed by atoms with Crippen molar-refractivity contribution in [2.45, 2.75) is 0 Å². The van der Waals surface area contributed by atoms with E-state index in [4.69, 9.17) is 0 Å². The third-order valence-electron chi connectivity index (χ3n) is 5.23. The van der Waals surface area contributed by atoms with E-state index in [1.54, 1.807) is 17.1 Å². The highest BCUT2D eigenvalue weighted by atomic mass is 16.2. The number of benzene rings is 2. The number of amides is 1. The fraction of sp³-hybridized carbons (Fsp3) is 0.182. The summed E-state index contributed by atoms with van der Waals surface area (Å²) in [6.07, 6.45) is 3.19. The molecule has 4 aromatic rings. The number of para-hydroxylation sites is 1. The first-order chi connectivity index (χ1) is 15.3. The monoisotopic (exact) mass is 412 g/mol.